The Morgan fingerprint density at radius 1 is 1.42 bits per heavy atom. The lowest BCUT2D eigenvalue weighted by Gasteiger charge is -2.34. The normalized spacial score (nSPS) is 18.5. The van der Waals surface area contributed by atoms with Crippen molar-refractivity contribution in [3.05, 3.63) is 17.7 Å². The number of nitrogen functional groups attached to an aromatic ring is 1. The zero-order chi connectivity index (χ0) is 14.0. The fourth-order valence-corrected chi connectivity index (χ4v) is 2.37. The molecule has 2 heterocycles. The van der Waals surface area contributed by atoms with Gasteiger partial charge in [-0.05, 0) is 25.7 Å². The molecule has 106 valence electrons. The summed E-state index contributed by atoms with van der Waals surface area (Å²) in [5.41, 5.74) is 2.11. The van der Waals surface area contributed by atoms with Gasteiger partial charge in [-0.15, -0.1) is 0 Å². The van der Waals surface area contributed by atoms with Gasteiger partial charge < -0.3 is 15.4 Å². The van der Waals surface area contributed by atoms with Crippen molar-refractivity contribution >= 4 is 11.6 Å². The van der Waals surface area contributed by atoms with Crippen LogP contribution in [0.1, 0.15) is 19.8 Å². The Balaban J connectivity index is 2.15. The second-order valence-corrected chi connectivity index (χ2v) is 4.83. The Morgan fingerprint density at radius 2 is 2.05 bits per heavy atom. The van der Waals surface area contributed by atoms with Gasteiger partial charge in [-0.25, -0.2) is 19.6 Å². The molecular formula is C12H18F2N4O. The van der Waals surface area contributed by atoms with Gasteiger partial charge in [-0.1, -0.05) is 0 Å². The van der Waals surface area contributed by atoms with E-state index in [0.717, 1.165) is 18.9 Å². The number of pyridine rings is 1. The van der Waals surface area contributed by atoms with Gasteiger partial charge in [0, 0.05) is 19.2 Å². The Bertz CT molecular complexity index is 448. The summed E-state index contributed by atoms with van der Waals surface area (Å²) in [4.78, 5) is 5.61. The first-order valence-corrected chi connectivity index (χ1v) is 6.28. The van der Waals surface area contributed by atoms with Crippen molar-refractivity contribution in [2.45, 2.75) is 25.9 Å². The summed E-state index contributed by atoms with van der Waals surface area (Å²) in [6.07, 6.45) is 1.14. The number of hydrazine groups is 1. The van der Waals surface area contributed by atoms with Gasteiger partial charge in [0.25, 0.3) is 0 Å². The molecule has 0 bridgehead atoms. The lowest BCUT2D eigenvalue weighted by atomic mass is 9.92. The topological polar surface area (TPSA) is 74.4 Å². The first-order valence-electron chi connectivity index (χ1n) is 6.28. The number of piperidine rings is 1. The van der Waals surface area contributed by atoms with Crippen LogP contribution in [0.15, 0.2) is 6.07 Å². The summed E-state index contributed by atoms with van der Waals surface area (Å²) in [6.45, 7) is 2.91. The zero-order valence-corrected chi connectivity index (χ0v) is 10.7. The maximum Gasteiger partial charge on any atom is 0.178 e. The number of hydrogen-bond donors (Lipinski definition) is 3. The van der Waals surface area contributed by atoms with Crippen molar-refractivity contribution in [2.24, 2.45) is 11.8 Å². The van der Waals surface area contributed by atoms with E-state index in [1.807, 2.05) is 0 Å². The Kier molecular flexibility index (Phi) is 4.16. The minimum absolute atomic E-state index is 0.0957. The van der Waals surface area contributed by atoms with Crippen LogP contribution in [0.25, 0.3) is 0 Å². The molecular weight excluding hydrogens is 254 g/mol. The molecule has 7 heteroatoms. The van der Waals surface area contributed by atoms with E-state index in [-0.39, 0.29) is 23.7 Å². The molecule has 1 atom stereocenters. The van der Waals surface area contributed by atoms with E-state index in [9.17, 15) is 13.9 Å². The first-order chi connectivity index (χ1) is 9.02. The lowest BCUT2D eigenvalue weighted by Crippen LogP contribution is -2.38. The van der Waals surface area contributed by atoms with E-state index in [0.29, 0.717) is 13.1 Å². The van der Waals surface area contributed by atoms with E-state index in [2.05, 4.69) is 10.4 Å². The summed E-state index contributed by atoms with van der Waals surface area (Å²) in [5.74, 6) is 3.75. The molecule has 0 radical (unpaired) electrons. The number of anilines is 2. The SMILES string of the molecule is CC(O)C1CCN(c2nc(NN)c(F)cc2F)CC1. The summed E-state index contributed by atoms with van der Waals surface area (Å²) < 4.78 is 27.0. The molecule has 5 nitrogen and oxygen atoms in total. The number of rotatable bonds is 3. The number of hydrogen-bond acceptors (Lipinski definition) is 5. The van der Waals surface area contributed by atoms with Crippen LogP contribution in [-0.2, 0) is 0 Å². The maximum atomic E-state index is 13.7. The van der Waals surface area contributed by atoms with Gasteiger partial charge in [0.2, 0.25) is 0 Å². The highest BCUT2D eigenvalue weighted by atomic mass is 19.1. The van der Waals surface area contributed by atoms with Crippen molar-refractivity contribution in [1.82, 2.24) is 4.98 Å². The van der Waals surface area contributed by atoms with Gasteiger partial charge in [-0.3, -0.25) is 0 Å². The standard InChI is InChI=1S/C12H18F2N4O/c1-7(19)8-2-4-18(5-3-8)12-10(14)6-9(13)11(16-12)17-15/h6-8,19H,2-5,15H2,1H3,(H,16,17). The van der Waals surface area contributed by atoms with Gasteiger partial charge in [0.15, 0.2) is 23.3 Å². The first kappa shape index (κ1) is 14.0. The number of halogens is 2. The second-order valence-electron chi connectivity index (χ2n) is 4.83. The molecule has 0 aliphatic carbocycles. The number of aliphatic hydroxyl groups excluding tert-OH is 1. The number of aromatic nitrogens is 1. The van der Waals surface area contributed by atoms with E-state index in [4.69, 9.17) is 5.84 Å². The lowest BCUT2D eigenvalue weighted by molar-refractivity contribution is 0.109. The average Bonchev–Trinajstić information content (AvgIpc) is 2.39. The Labute approximate surface area is 110 Å². The van der Waals surface area contributed by atoms with Crippen LogP contribution in [-0.4, -0.2) is 29.3 Å². The van der Waals surface area contributed by atoms with Gasteiger partial charge in [0.05, 0.1) is 6.10 Å². The predicted octanol–water partition coefficient (Wildman–Crippen LogP) is 1.24. The minimum atomic E-state index is -0.817. The number of nitrogens with one attached hydrogen (secondary N) is 1. The Hall–Kier alpha value is -1.47. The molecule has 1 fully saturated rings. The summed E-state index contributed by atoms with van der Waals surface area (Å²) in [7, 11) is 0. The third kappa shape index (κ3) is 2.93. The second kappa shape index (κ2) is 5.66. The van der Waals surface area contributed by atoms with Crippen molar-refractivity contribution < 1.29 is 13.9 Å². The van der Waals surface area contributed by atoms with Crippen molar-refractivity contribution in [3.63, 3.8) is 0 Å². The summed E-state index contributed by atoms with van der Waals surface area (Å²) in [5, 5.41) is 9.52. The maximum absolute atomic E-state index is 13.7. The molecule has 0 saturated carbocycles. The van der Waals surface area contributed by atoms with E-state index < -0.39 is 11.6 Å². The minimum Gasteiger partial charge on any atom is -0.393 e. The molecule has 1 saturated heterocycles. The van der Waals surface area contributed by atoms with Crippen LogP contribution < -0.4 is 16.2 Å². The fraction of sp³-hybridized carbons (Fsp3) is 0.583. The third-order valence-corrected chi connectivity index (χ3v) is 3.57. The molecule has 0 aromatic carbocycles. The van der Waals surface area contributed by atoms with E-state index in [1.54, 1.807) is 11.8 Å². The molecule has 1 unspecified atom stereocenters. The van der Waals surface area contributed by atoms with Gasteiger partial charge in [-0.2, -0.15) is 0 Å². The van der Waals surface area contributed by atoms with Crippen LogP contribution in [0.5, 0.6) is 0 Å². The summed E-state index contributed by atoms with van der Waals surface area (Å²) >= 11 is 0. The van der Waals surface area contributed by atoms with Gasteiger partial charge in [0.1, 0.15) is 0 Å². The largest absolute Gasteiger partial charge is 0.393 e. The number of nitrogens with zero attached hydrogens (tertiary/aromatic N) is 2. The number of aliphatic hydroxyl groups is 1. The van der Waals surface area contributed by atoms with Crippen molar-refractivity contribution in [1.29, 1.82) is 0 Å². The zero-order valence-electron chi connectivity index (χ0n) is 10.7. The highest BCUT2D eigenvalue weighted by Crippen LogP contribution is 2.27. The molecule has 1 aromatic rings. The monoisotopic (exact) mass is 272 g/mol. The third-order valence-electron chi connectivity index (χ3n) is 3.57. The molecule has 0 amide bonds. The molecule has 0 spiro atoms. The van der Waals surface area contributed by atoms with E-state index in [1.165, 1.54) is 0 Å². The van der Waals surface area contributed by atoms with E-state index >= 15 is 0 Å². The average molecular weight is 272 g/mol. The molecule has 1 aromatic heterocycles. The molecule has 1 aliphatic rings. The van der Waals surface area contributed by atoms with Crippen LogP contribution >= 0.6 is 0 Å². The van der Waals surface area contributed by atoms with Crippen LogP contribution in [0, 0.1) is 17.6 Å². The van der Waals surface area contributed by atoms with Crippen LogP contribution in [0.2, 0.25) is 0 Å². The quantitative estimate of drug-likeness (QED) is 0.570. The Morgan fingerprint density at radius 3 is 2.58 bits per heavy atom. The van der Waals surface area contributed by atoms with Crippen LogP contribution in [0.4, 0.5) is 20.4 Å². The van der Waals surface area contributed by atoms with Crippen molar-refractivity contribution in [3.8, 4) is 0 Å². The highest BCUT2D eigenvalue weighted by Gasteiger charge is 2.25. The molecule has 1 aliphatic heterocycles. The predicted molar refractivity (Wildman–Crippen MR) is 68.6 cm³/mol. The van der Waals surface area contributed by atoms with Crippen LogP contribution in [0.3, 0.4) is 0 Å². The number of nitrogens with two attached hydrogens (primary N) is 1. The summed E-state index contributed by atoms with van der Waals surface area (Å²) in [6, 6.07) is 0.776. The molecule has 2 rings (SSSR count). The van der Waals surface area contributed by atoms with Gasteiger partial charge >= 0.3 is 0 Å². The fourth-order valence-electron chi connectivity index (χ4n) is 2.37. The van der Waals surface area contributed by atoms with Crippen molar-refractivity contribution in [2.75, 3.05) is 23.4 Å². The smallest absolute Gasteiger partial charge is 0.178 e. The molecule has 19 heavy (non-hydrogen) atoms. The molecule has 4 N–H and O–H groups in total. The highest BCUT2D eigenvalue weighted by molar-refractivity contribution is 5.49.